The zero-order valence-electron chi connectivity index (χ0n) is 10.5. The van der Waals surface area contributed by atoms with Crippen molar-refractivity contribution < 1.29 is 13.2 Å². The van der Waals surface area contributed by atoms with E-state index in [9.17, 15) is 13.2 Å². The molecule has 0 amide bonds. The van der Waals surface area contributed by atoms with Crippen LogP contribution in [0.4, 0.5) is 19.0 Å². The number of nitrogen functional groups attached to an aromatic ring is 1. The highest BCUT2D eigenvalue weighted by Gasteiger charge is 2.30. The minimum Gasteiger partial charge on any atom is -0.382 e. The van der Waals surface area contributed by atoms with Gasteiger partial charge in [0.25, 0.3) is 0 Å². The zero-order chi connectivity index (χ0) is 14.5. The third-order valence-corrected chi connectivity index (χ3v) is 3.24. The Hall–Kier alpha value is -2.44. The molecule has 0 aliphatic carbocycles. The van der Waals surface area contributed by atoms with E-state index in [1.807, 2.05) is 0 Å². The van der Waals surface area contributed by atoms with Crippen LogP contribution >= 0.6 is 0 Å². The Kier molecular flexibility index (Phi) is 2.53. The van der Waals surface area contributed by atoms with Gasteiger partial charge >= 0.3 is 6.18 Å². The van der Waals surface area contributed by atoms with Gasteiger partial charge < -0.3 is 10.3 Å². The average molecular weight is 280 g/mol. The highest BCUT2D eigenvalue weighted by molar-refractivity contribution is 5.87. The smallest absolute Gasteiger partial charge is 0.382 e. The number of nitrogens with two attached hydrogens (primary N) is 1. The van der Waals surface area contributed by atoms with E-state index in [2.05, 4.69) is 10.2 Å². The number of hydrogen-bond acceptors (Lipinski definition) is 2. The molecular weight excluding hydrogens is 269 g/mol. The quantitative estimate of drug-likeness (QED) is 0.719. The molecule has 0 unspecified atom stereocenters. The molecule has 2 heterocycles. The summed E-state index contributed by atoms with van der Waals surface area (Å²) >= 11 is 0. The zero-order valence-corrected chi connectivity index (χ0v) is 10.5. The first-order valence-electron chi connectivity index (χ1n) is 5.84. The molecule has 0 fully saturated rings. The van der Waals surface area contributed by atoms with Crippen molar-refractivity contribution in [2.75, 3.05) is 5.73 Å². The molecule has 0 radical (unpaired) electrons. The molecule has 0 saturated carbocycles. The summed E-state index contributed by atoms with van der Waals surface area (Å²) in [5.74, 6) is 0.334. The molecule has 3 rings (SSSR count). The minimum absolute atomic E-state index is 0.334. The average Bonchev–Trinajstić information content (AvgIpc) is 2.92. The Balaban J connectivity index is 2.19. The summed E-state index contributed by atoms with van der Waals surface area (Å²) in [6.07, 6.45) is -4.34. The van der Waals surface area contributed by atoms with Gasteiger partial charge in [0.1, 0.15) is 5.82 Å². The lowest BCUT2D eigenvalue weighted by molar-refractivity contribution is -0.137. The van der Waals surface area contributed by atoms with Gasteiger partial charge in [0.2, 0.25) is 0 Å². The molecule has 4 nitrogen and oxygen atoms in total. The van der Waals surface area contributed by atoms with Crippen LogP contribution in [0.2, 0.25) is 0 Å². The minimum atomic E-state index is -4.34. The largest absolute Gasteiger partial charge is 0.416 e. The van der Waals surface area contributed by atoms with Crippen LogP contribution in [0.15, 0.2) is 30.3 Å². The summed E-state index contributed by atoms with van der Waals surface area (Å²) in [7, 11) is 1.78. The highest BCUT2D eigenvalue weighted by Crippen LogP contribution is 2.33. The van der Waals surface area contributed by atoms with Crippen LogP contribution in [0.5, 0.6) is 0 Å². The predicted molar refractivity (Wildman–Crippen MR) is 69.9 cm³/mol. The van der Waals surface area contributed by atoms with Gasteiger partial charge in [-0.3, -0.25) is 5.10 Å². The van der Waals surface area contributed by atoms with Crippen molar-refractivity contribution in [3.05, 3.63) is 35.9 Å². The first kappa shape index (κ1) is 12.6. The first-order chi connectivity index (χ1) is 9.36. The van der Waals surface area contributed by atoms with E-state index in [4.69, 9.17) is 5.73 Å². The van der Waals surface area contributed by atoms with Crippen molar-refractivity contribution in [1.82, 2.24) is 14.8 Å². The third kappa shape index (κ3) is 1.91. The molecular formula is C13H11F3N4. The second-order valence-corrected chi connectivity index (χ2v) is 4.57. The fraction of sp³-hybridized carbons (Fsp3) is 0.154. The number of anilines is 1. The maximum atomic E-state index is 12.7. The summed E-state index contributed by atoms with van der Waals surface area (Å²) in [6.45, 7) is 0. The molecule has 0 aliphatic rings. The Labute approximate surface area is 112 Å². The number of alkyl halides is 3. The number of halogens is 3. The number of aromatic nitrogens is 3. The van der Waals surface area contributed by atoms with Gasteiger partial charge in [0.15, 0.2) is 0 Å². The van der Waals surface area contributed by atoms with Crippen LogP contribution in [0, 0.1) is 0 Å². The maximum Gasteiger partial charge on any atom is 0.416 e. The fourth-order valence-corrected chi connectivity index (χ4v) is 2.25. The van der Waals surface area contributed by atoms with Crippen LogP contribution in [0.3, 0.4) is 0 Å². The Bertz CT molecular complexity index is 783. The van der Waals surface area contributed by atoms with E-state index >= 15 is 0 Å². The molecule has 2 aromatic heterocycles. The van der Waals surface area contributed by atoms with E-state index in [1.165, 1.54) is 6.07 Å². The standard InChI is InChI=1S/C13H11F3N4/c1-20-10-3-2-8(13(14,15)16)4-7(10)5-11(20)9-6-12(17)19-18-9/h2-6H,1H3,(H3,17,18,19). The highest BCUT2D eigenvalue weighted by atomic mass is 19.4. The van der Waals surface area contributed by atoms with E-state index in [-0.39, 0.29) is 0 Å². The van der Waals surface area contributed by atoms with Crippen LogP contribution < -0.4 is 5.73 Å². The molecule has 0 saturated heterocycles. The Morgan fingerprint density at radius 1 is 1.20 bits per heavy atom. The number of nitrogens with zero attached hydrogens (tertiary/aromatic N) is 2. The lowest BCUT2D eigenvalue weighted by atomic mass is 10.1. The number of aromatic amines is 1. The lowest BCUT2D eigenvalue weighted by Gasteiger charge is -2.06. The number of aryl methyl sites for hydroxylation is 1. The molecule has 20 heavy (non-hydrogen) atoms. The third-order valence-electron chi connectivity index (χ3n) is 3.24. The van der Waals surface area contributed by atoms with Crippen LogP contribution in [-0.2, 0) is 13.2 Å². The number of hydrogen-bond donors (Lipinski definition) is 2. The lowest BCUT2D eigenvalue weighted by Crippen LogP contribution is -2.04. The number of H-pyrrole nitrogens is 1. The monoisotopic (exact) mass is 280 g/mol. The SMILES string of the molecule is Cn1c(-c2cc(N)n[nH]2)cc2cc(C(F)(F)F)ccc21. The van der Waals surface area contributed by atoms with Crippen molar-refractivity contribution in [3.63, 3.8) is 0 Å². The van der Waals surface area contributed by atoms with Crippen molar-refractivity contribution >= 4 is 16.7 Å². The van der Waals surface area contributed by atoms with Gasteiger partial charge in [-0.2, -0.15) is 18.3 Å². The first-order valence-corrected chi connectivity index (χ1v) is 5.84. The topological polar surface area (TPSA) is 59.6 Å². The molecule has 3 aromatic rings. The summed E-state index contributed by atoms with van der Waals surface area (Å²) in [5.41, 5.74) is 6.98. The maximum absolute atomic E-state index is 12.7. The summed E-state index contributed by atoms with van der Waals surface area (Å²) in [6, 6.07) is 6.99. The van der Waals surface area contributed by atoms with Gasteiger partial charge in [0, 0.05) is 24.0 Å². The molecule has 1 aromatic carbocycles. The molecule has 3 N–H and O–H groups in total. The van der Waals surface area contributed by atoms with Gasteiger partial charge in [-0.15, -0.1) is 0 Å². The second kappa shape index (κ2) is 4.03. The van der Waals surface area contributed by atoms with Gasteiger partial charge in [0.05, 0.1) is 17.0 Å². The van der Waals surface area contributed by atoms with Crippen molar-refractivity contribution in [1.29, 1.82) is 0 Å². The van der Waals surface area contributed by atoms with Gasteiger partial charge in [-0.1, -0.05) is 0 Å². The van der Waals surface area contributed by atoms with E-state index in [0.717, 1.165) is 17.8 Å². The summed E-state index contributed by atoms with van der Waals surface area (Å²) in [4.78, 5) is 0. The summed E-state index contributed by atoms with van der Waals surface area (Å²) in [5, 5.41) is 7.09. The molecule has 7 heteroatoms. The van der Waals surface area contributed by atoms with Gasteiger partial charge in [-0.25, -0.2) is 0 Å². The molecule has 0 bridgehead atoms. The van der Waals surface area contributed by atoms with Crippen molar-refractivity contribution in [2.24, 2.45) is 7.05 Å². The summed E-state index contributed by atoms with van der Waals surface area (Å²) < 4.78 is 39.9. The van der Waals surface area contributed by atoms with Crippen LogP contribution in [-0.4, -0.2) is 14.8 Å². The van der Waals surface area contributed by atoms with Crippen LogP contribution in [0.25, 0.3) is 22.3 Å². The van der Waals surface area contributed by atoms with E-state index < -0.39 is 11.7 Å². The van der Waals surface area contributed by atoms with Crippen LogP contribution in [0.1, 0.15) is 5.56 Å². The fourth-order valence-electron chi connectivity index (χ4n) is 2.25. The Morgan fingerprint density at radius 2 is 1.95 bits per heavy atom. The van der Waals surface area contributed by atoms with Gasteiger partial charge in [-0.05, 0) is 24.3 Å². The Morgan fingerprint density at radius 3 is 2.55 bits per heavy atom. The number of benzene rings is 1. The number of fused-ring (bicyclic) bond motifs is 1. The van der Waals surface area contributed by atoms with Crippen molar-refractivity contribution in [3.8, 4) is 11.4 Å². The second-order valence-electron chi connectivity index (χ2n) is 4.57. The number of nitrogens with one attached hydrogen (secondary N) is 1. The molecule has 0 spiro atoms. The van der Waals surface area contributed by atoms with E-state index in [0.29, 0.717) is 22.4 Å². The molecule has 0 atom stereocenters. The molecule has 0 aliphatic heterocycles. The normalized spacial score (nSPS) is 12.2. The van der Waals surface area contributed by atoms with Crippen molar-refractivity contribution in [2.45, 2.75) is 6.18 Å². The number of rotatable bonds is 1. The molecule has 104 valence electrons. The van der Waals surface area contributed by atoms with E-state index in [1.54, 1.807) is 23.7 Å². The predicted octanol–water partition coefficient (Wildman–Crippen LogP) is 3.17.